The lowest BCUT2D eigenvalue weighted by Gasteiger charge is -2.20. The van der Waals surface area contributed by atoms with E-state index in [1.165, 1.54) is 0 Å². The van der Waals surface area contributed by atoms with Crippen LogP contribution < -0.4 is 16.4 Å². The number of amides is 1. The summed E-state index contributed by atoms with van der Waals surface area (Å²) in [6, 6.07) is 0.154. The molecule has 104 valence electrons. The summed E-state index contributed by atoms with van der Waals surface area (Å²) in [6.07, 6.45) is 0.354. The maximum atomic E-state index is 11.4. The first kappa shape index (κ1) is 16.8. The normalized spacial score (nSPS) is 12.3. The van der Waals surface area contributed by atoms with E-state index in [9.17, 15) is 4.79 Å². The maximum Gasteiger partial charge on any atom is 0.407 e. The van der Waals surface area contributed by atoms with Gasteiger partial charge in [-0.25, -0.2) is 4.79 Å². The summed E-state index contributed by atoms with van der Waals surface area (Å²) in [7, 11) is 0. The Morgan fingerprint density at radius 1 is 1.44 bits per heavy atom. The average Bonchev–Trinajstić information content (AvgIpc) is 2.24. The number of alkyl carbamates (subject to hydrolysis) is 1. The Balaban J connectivity index is 3.78. The molecule has 1 atom stereocenters. The van der Waals surface area contributed by atoms with Crippen LogP contribution in [0.5, 0.6) is 0 Å². The zero-order valence-electron chi connectivity index (χ0n) is 11.8. The molecule has 0 aromatic rings. The van der Waals surface area contributed by atoms with Crippen molar-refractivity contribution in [2.45, 2.75) is 45.8 Å². The van der Waals surface area contributed by atoms with Crippen molar-refractivity contribution in [2.24, 2.45) is 5.73 Å². The molecule has 0 spiro atoms. The van der Waals surface area contributed by atoms with Crippen LogP contribution in [0.25, 0.3) is 0 Å². The van der Waals surface area contributed by atoms with Crippen molar-refractivity contribution in [1.82, 2.24) is 10.6 Å². The van der Waals surface area contributed by atoms with Gasteiger partial charge >= 0.3 is 6.09 Å². The highest BCUT2D eigenvalue weighted by Gasteiger charge is 2.15. The Morgan fingerprint density at radius 2 is 2.11 bits per heavy atom. The van der Waals surface area contributed by atoms with Crippen LogP contribution in [0.1, 0.15) is 34.1 Å². The van der Waals surface area contributed by atoms with Crippen LogP contribution in [0.2, 0.25) is 0 Å². The third kappa shape index (κ3) is 9.94. The first-order valence-corrected chi connectivity index (χ1v) is 6.19. The van der Waals surface area contributed by atoms with Crippen LogP contribution >= 0.6 is 0 Å². The van der Waals surface area contributed by atoms with E-state index in [1.54, 1.807) is 6.92 Å². The van der Waals surface area contributed by atoms with Gasteiger partial charge in [0.25, 0.3) is 0 Å². The summed E-state index contributed by atoms with van der Waals surface area (Å²) in [4.78, 5) is 11.4. The van der Waals surface area contributed by atoms with Gasteiger partial charge in [0.2, 0.25) is 0 Å². The van der Waals surface area contributed by atoms with Crippen molar-refractivity contribution in [2.75, 3.05) is 19.6 Å². The van der Waals surface area contributed by atoms with E-state index in [2.05, 4.69) is 22.5 Å². The Bertz CT molecular complexity index is 300. The van der Waals surface area contributed by atoms with Gasteiger partial charge in [0, 0.05) is 19.1 Å². The molecule has 4 N–H and O–H groups in total. The van der Waals surface area contributed by atoms with Gasteiger partial charge in [0.15, 0.2) is 0 Å². The molecule has 0 aliphatic rings. The molecule has 5 heteroatoms. The van der Waals surface area contributed by atoms with Crippen LogP contribution in [0.3, 0.4) is 0 Å². The van der Waals surface area contributed by atoms with E-state index in [1.807, 2.05) is 20.8 Å². The van der Waals surface area contributed by atoms with E-state index in [-0.39, 0.29) is 6.04 Å². The summed E-state index contributed by atoms with van der Waals surface area (Å²) >= 11 is 0. The van der Waals surface area contributed by atoms with Crippen LogP contribution in [0.15, 0.2) is 0 Å². The fraction of sp³-hybridized carbons (Fsp3) is 0.769. The van der Waals surface area contributed by atoms with E-state index in [0.29, 0.717) is 19.6 Å². The molecule has 18 heavy (non-hydrogen) atoms. The number of nitrogens with one attached hydrogen (secondary N) is 2. The Labute approximate surface area is 110 Å². The quantitative estimate of drug-likeness (QED) is 0.615. The number of hydrogen-bond donors (Lipinski definition) is 3. The van der Waals surface area contributed by atoms with E-state index < -0.39 is 11.7 Å². The van der Waals surface area contributed by atoms with Crippen molar-refractivity contribution in [3.8, 4) is 11.8 Å². The maximum absolute atomic E-state index is 11.4. The third-order valence-corrected chi connectivity index (χ3v) is 2.10. The zero-order valence-corrected chi connectivity index (χ0v) is 11.8. The van der Waals surface area contributed by atoms with Crippen LogP contribution in [-0.4, -0.2) is 37.4 Å². The number of carbonyl (C=O) groups is 1. The predicted molar refractivity (Wildman–Crippen MR) is 73.1 cm³/mol. The van der Waals surface area contributed by atoms with E-state index >= 15 is 0 Å². The minimum absolute atomic E-state index is 0.154. The van der Waals surface area contributed by atoms with Crippen LogP contribution in [0.4, 0.5) is 4.79 Å². The molecule has 0 bridgehead atoms. The number of carbonyl (C=O) groups excluding carboxylic acids is 1. The minimum Gasteiger partial charge on any atom is -0.444 e. The zero-order chi connectivity index (χ0) is 14.0. The SMILES string of the molecule is CC#CCNC(CN)CCNC(=O)OC(C)(C)C. The highest BCUT2D eigenvalue weighted by atomic mass is 16.6. The molecule has 1 unspecified atom stereocenters. The Morgan fingerprint density at radius 3 is 2.61 bits per heavy atom. The third-order valence-electron chi connectivity index (χ3n) is 2.10. The van der Waals surface area contributed by atoms with Gasteiger partial charge < -0.3 is 21.1 Å². The lowest BCUT2D eigenvalue weighted by atomic mass is 10.2. The van der Waals surface area contributed by atoms with Crippen molar-refractivity contribution in [1.29, 1.82) is 0 Å². The fourth-order valence-corrected chi connectivity index (χ4v) is 1.25. The Kier molecular flexibility index (Phi) is 8.17. The van der Waals surface area contributed by atoms with Crippen molar-refractivity contribution in [3.05, 3.63) is 0 Å². The lowest BCUT2D eigenvalue weighted by Crippen LogP contribution is -2.40. The molecule has 0 aromatic carbocycles. The number of ether oxygens (including phenoxy) is 1. The number of rotatable bonds is 6. The second-order valence-electron chi connectivity index (χ2n) is 4.96. The highest BCUT2D eigenvalue weighted by Crippen LogP contribution is 2.06. The van der Waals surface area contributed by atoms with Crippen LogP contribution in [0, 0.1) is 11.8 Å². The Hall–Kier alpha value is -1.25. The first-order valence-electron chi connectivity index (χ1n) is 6.19. The molecule has 1 amide bonds. The van der Waals surface area contributed by atoms with Crippen molar-refractivity contribution in [3.63, 3.8) is 0 Å². The van der Waals surface area contributed by atoms with E-state index in [4.69, 9.17) is 10.5 Å². The van der Waals surface area contributed by atoms with E-state index in [0.717, 1.165) is 6.42 Å². The van der Waals surface area contributed by atoms with Gasteiger partial charge in [-0.1, -0.05) is 5.92 Å². The fourth-order valence-electron chi connectivity index (χ4n) is 1.25. The molecule has 0 fully saturated rings. The largest absolute Gasteiger partial charge is 0.444 e. The summed E-state index contributed by atoms with van der Waals surface area (Å²) < 4.78 is 5.13. The van der Waals surface area contributed by atoms with Crippen molar-refractivity contribution >= 4 is 6.09 Å². The molecule has 0 aliphatic heterocycles. The minimum atomic E-state index is -0.466. The van der Waals surface area contributed by atoms with Gasteiger partial charge in [-0.2, -0.15) is 0 Å². The standard InChI is InChI=1S/C13H25N3O2/c1-5-6-8-15-11(10-14)7-9-16-12(17)18-13(2,3)4/h11,15H,7-10,14H2,1-4H3,(H,16,17). The molecule has 0 saturated carbocycles. The average molecular weight is 255 g/mol. The van der Waals surface area contributed by atoms with Gasteiger partial charge in [-0.05, 0) is 34.1 Å². The topological polar surface area (TPSA) is 76.4 Å². The number of nitrogens with two attached hydrogens (primary N) is 1. The van der Waals surface area contributed by atoms with Crippen molar-refractivity contribution < 1.29 is 9.53 Å². The number of hydrogen-bond acceptors (Lipinski definition) is 4. The second-order valence-corrected chi connectivity index (χ2v) is 4.96. The van der Waals surface area contributed by atoms with Crippen LogP contribution in [-0.2, 0) is 4.74 Å². The smallest absolute Gasteiger partial charge is 0.407 e. The molecular formula is C13H25N3O2. The molecule has 0 radical (unpaired) electrons. The van der Waals surface area contributed by atoms with Gasteiger partial charge in [-0.15, -0.1) is 5.92 Å². The summed E-state index contributed by atoms with van der Waals surface area (Å²) in [5.74, 6) is 5.72. The first-order chi connectivity index (χ1) is 8.39. The molecule has 0 heterocycles. The summed E-state index contributed by atoms with van der Waals surface area (Å²) in [6.45, 7) is 8.96. The molecule has 0 saturated heterocycles. The summed E-state index contributed by atoms with van der Waals surface area (Å²) in [5.41, 5.74) is 5.15. The highest BCUT2D eigenvalue weighted by molar-refractivity contribution is 5.67. The van der Waals surface area contributed by atoms with Gasteiger partial charge in [0.05, 0.1) is 6.54 Å². The molecule has 0 rings (SSSR count). The summed E-state index contributed by atoms with van der Waals surface area (Å²) in [5, 5.41) is 5.90. The molecule has 5 nitrogen and oxygen atoms in total. The predicted octanol–water partition coefficient (Wildman–Crippen LogP) is 0.841. The molecular weight excluding hydrogens is 230 g/mol. The second kappa shape index (κ2) is 8.78. The molecule has 0 aromatic heterocycles. The molecule has 0 aliphatic carbocycles. The monoisotopic (exact) mass is 255 g/mol. The van der Waals surface area contributed by atoms with Gasteiger partial charge in [-0.3, -0.25) is 0 Å². The van der Waals surface area contributed by atoms with Gasteiger partial charge in [0.1, 0.15) is 5.60 Å². The lowest BCUT2D eigenvalue weighted by molar-refractivity contribution is 0.0526.